The summed E-state index contributed by atoms with van der Waals surface area (Å²) in [6.45, 7) is 2.10. The highest BCUT2D eigenvalue weighted by atomic mass is 79.9. The Hall–Kier alpha value is 0.140. The topological polar surface area (TPSA) is 20.2 Å². The van der Waals surface area contributed by atoms with Gasteiger partial charge in [0, 0.05) is 4.88 Å². The van der Waals surface area contributed by atoms with Crippen LogP contribution in [0.15, 0.2) is 9.85 Å². The standard InChI is InChI=1S/C12H15BrOS/c1-6-9(5-10(13)15-6)12(14)11-7-3-2-4-8(7)11/h5,7-8,11-12,14H,2-4H2,1H3. The van der Waals surface area contributed by atoms with Gasteiger partial charge in [0.2, 0.25) is 0 Å². The number of hydrogen-bond acceptors (Lipinski definition) is 2. The monoisotopic (exact) mass is 286 g/mol. The number of aliphatic hydroxyl groups excluding tert-OH is 1. The van der Waals surface area contributed by atoms with Crippen molar-refractivity contribution in [3.8, 4) is 0 Å². The number of fused-ring (bicyclic) bond motifs is 1. The molecular weight excluding hydrogens is 272 g/mol. The third-order valence-corrected chi connectivity index (χ3v) is 5.65. The van der Waals surface area contributed by atoms with Gasteiger partial charge < -0.3 is 5.11 Å². The highest BCUT2D eigenvalue weighted by Crippen LogP contribution is 2.62. The molecule has 82 valence electrons. The maximum Gasteiger partial charge on any atom is 0.0834 e. The quantitative estimate of drug-likeness (QED) is 0.874. The van der Waals surface area contributed by atoms with E-state index in [4.69, 9.17) is 0 Å². The molecule has 0 aliphatic heterocycles. The van der Waals surface area contributed by atoms with Crippen LogP contribution >= 0.6 is 27.3 Å². The molecule has 2 aliphatic rings. The van der Waals surface area contributed by atoms with E-state index in [-0.39, 0.29) is 6.10 Å². The molecule has 0 bridgehead atoms. The van der Waals surface area contributed by atoms with E-state index in [0.29, 0.717) is 5.92 Å². The number of hydrogen-bond donors (Lipinski definition) is 1. The van der Waals surface area contributed by atoms with Gasteiger partial charge in [-0.05, 0) is 65.1 Å². The molecule has 3 atom stereocenters. The Labute approximate surface area is 103 Å². The minimum Gasteiger partial charge on any atom is -0.388 e. The summed E-state index contributed by atoms with van der Waals surface area (Å²) in [5.41, 5.74) is 1.16. The first-order chi connectivity index (χ1) is 7.18. The molecule has 0 amide bonds. The average molecular weight is 287 g/mol. The molecule has 0 spiro atoms. The molecule has 0 radical (unpaired) electrons. The summed E-state index contributed by atoms with van der Waals surface area (Å²) in [4.78, 5) is 1.26. The van der Waals surface area contributed by atoms with Crippen LogP contribution in [0, 0.1) is 24.7 Å². The second-order valence-corrected chi connectivity index (χ2v) is 7.48. The first-order valence-corrected chi connectivity index (χ1v) is 7.23. The Kier molecular flexibility index (Phi) is 2.45. The second-order valence-electron chi connectivity index (χ2n) is 4.84. The molecule has 15 heavy (non-hydrogen) atoms. The first-order valence-electron chi connectivity index (χ1n) is 5.62. The van der Waals surface area contributed by atoms with Gasteiger partial charge in [0.1, 0.15) is 0 Å². The van der Waals surface area contributed by atoms with Crippen LogP contribution in [-0.4, -0.2) is 5.11 Å². The minimum absolute atomic E-state index is 0.206. The Balaban J connectivity index is 1.80. The number of halogens is 1. The largest absolute Gasteiger partial charge is 0.388 e. The smallest absolute Gasteiger partial charge is 0.0834 e. The molecular formula is C12H15BrOS. The molecule has 3 heteroatoms. The van der Waals surface area contributed by atoms with Crippen molar-refractivity contribution in [3.63, 3.8) is 0 Å². The van der Waals surface area contributed by atoms with Crippen molar-refractivity contribution < 1.29 is 5.11 Å². The summed E-state index contributed by atoms with van der Waals surface area (Å²) < 4.78 is 1.14. The van der Waals surface area contributed by atoms with Gasteiger partial charge in [0.25, 0.3) is 0 Å². The number of aliphatic hydroxyl groups is 1. The molecule has 1 heterocycles. The minimum atomic E-state index is -0.206. The third kappa shape index (κ3) is 1.60. The summed E-state index contributed by atoms with van der Waals surface area (Å²) >= 11 is 5.22. The molecule has 2 aliphatic carbocycles. The van der Waals surface area contributed by atoms with Crippen LogP contribution < -0.4 is 0 Å². The lowest BCUT2D eigenvalue weighted by Crippen LogP contribution is -2.04. The number of aryl methyl sites for hydroxylation is 1. The first kappa shape index (κ1) is 10.3. The lowest BCUT2D eigenvalue weighted by Gasteiger charge is -2.12. The second kappa shape index (κ2) is 3.57. The van der Waals surface area contributed by atoms with Gasteiger partial charge in [0.15, 0.2) is 0 Å². The summed E-state index contributed by atoms with van der Waals surface area (Å²) in [5.74, 6) is 2.23. The molecule has 2 fully saturated rings. The predicted octanol–water partition coefficient (Wildman–Crippen LogP) is 3.90. The van der Waals surface area contributed by atoms with Gasteiger partial charge in [-0.25, -0.2) is 0 Å². The fourth-order valence-corrected chi connectivity index (χ4v) is 5.06. The van der Waals surface area contributed by atoms with Crippen LogP contribution in [0.3, 0.4) is 0 Å². The lowest BCUT2D eigenvalue weighted by atomic mass is 10.0. The van der Waals surface area contributed by atoms with Crippen LogP contribution in [-0.2, 0) is 0 Å². The molecule has 2 saturated carbocycles. The number of rotatable bonds is 2. The fraction of sp³-hybridized carbons (Fsp3) is 0.667. The van der Waals surface area contributed by atoms with E-state index < -0.39 is 0 Å². The Morgan fingerprint density at radius 2 is 2.13 bits per heavy atom. The van der Waals surface area contributed by atoms with Crippen molar-refractivity contribution in [1.29, 1.82) is 0 Å². The van der Waals surface area contributed by atoms with Gasteiger partial charge in [-0.15, -0.1) is 11.3 Å². The van der Waals surface area contributed by atoms with E-state index >= 15 is 0 Å². The molecule has 1 nitrogen and oxygen atoms in total. The van der Waals surface area contributed by atoms with E-state index in [2.05, 4.69) is 28.9 Å². The molecule has 0 saturated heterocycles. The van der Waals surface area contributed by atoms with Crippen LogP contribution in [0.5, 0.6) is 0 Å². The Bertz CT molecular complexity index is 377. The summed E-state index contributed by atoms with van der Waals surface area (Å²) in [7, 11) is 0. The van der Waals surface area contributed by atoms with Crippen LogP contribution in [0.4, 0.5) is 0 Å². The van der Waals surface area contributed by atoms with Crippen molar-refractivity contribution in [1.82, 2.24) is 0 Å². The highest BCUT2D eigenvalue weighted by molar-refractivity contribution is 9.11. The Morgan fingerprint density at radius 3 is 2.67 bits per heavy atom. The van der Waals surface area contributed by atoms with Crippen molar-refractivity contribution in [3.05, 3.63) is 20.3 Å². The predicted molar refractivity (Wildman–Crippen MR) is 66.0 cm³/mol. The van der Waals surface area contributed by atoms with E-state index in [1.54, 1.807) is 11.3 Å². The summed E-state index contributed by atoms with van der Waals surface area (Å²) in [6, 6.07) is 2.10. The van der Waals surface area contributed by atoms with Gasteiger partial charge in [0.05, 0.1) is 9.89 Å². The van der Waals surface area contributed by atoms with Crippen molar-refractivity contribution in [2.75, 3.05) is 0 Å². The lowest BCUT2D eigenvalue weighted by molar-refractivity contribution is 0.137. The van der Waals surface area contributed by atoms with Gasteiger partial charge in [-0.1, -0.05) is 6.42 Å². The zero-order valence-electron chi connectivity index (χ0n) is 8.74. The maximum atomic E-state index is 10.3. The Morgan fingerprint density at radius 1 is 1.47 bits per heavy atom. The fourth-order valence-electron chi connectivity index (χ4n) is 3.30. The van der Waals surface area contributed by atoms with E-state index in [0.717, 1.165) is 21.2 Å². The number of thiophene rings is 1. The molecule has 3 unspecified atom stereocenters. The molecule has 0 aromatic carbocycles. The third-order valence-electron chi connectivity index (χ3n) is 4.08. The van der Waals surface area contributed by atoms with Crippen molar-refractivity contribution >= 4 is 27.3 Å². The molecule has 3 rings (SSSR count). The van der Waals surface area contributed by atoms with Crippen LogP contribution in [0.1, 0.15) is 35.8 Å². The molecule has 1 aromatic rings. The van der Waals surface area contributed by atoms with Crippen molar-refractivity contribution in [2.45, 2.75) is 32.3 Å². The zero-order chi connectivity index (χ0) is 10.6. The molecule has 1 aromatic heterocycles. The average Bonchev–Trinajstić information content (AvgIpc) is 2.58. The maximum absolute atomic E-state index is 10.3. The van der Waals surface area contributed by atoms with Crippen molar-refractivity contribution in [2.24, 2.45) is 17.8 Å². The van der Waals surface area contributed by atoms with Gasteiger partial charge in [-0.3, -0.25) is 0 Å². The van der Waals surface area contributed by atoms with E-state index in [9.17, 15) is 5.11 Å². The highest BCUT2D eigenvalue weighted by Gasteiger charge is 2.56. The van der Waals surface area contributed by atoms with E-state index in [1.165, 1.54) is 24.1 Å². The SMILES string of the molecule is Cc1sc(Br)cc1C(O)C1C2CCCC21. The zero-order valence-corrected chi connectivity index (χ0v) is 11.1. The summed E-state index contributed by atoms with van der Waals surface area (Å²) in [5, 5.41) is 10.3. The van der Waals surface area contributed by atoms with Crippen LogP contribution in [0.2, 0.25) is 0 Å². The normalized spacial score (nSPS) is 35.3. The van der Waals surface area contributed by atoms with Gasteiger partial charge in [-0.2, -0.15) is 0 Å². The van der Waals surface area contributed by atoms with Gasteiger partial charge >= 0.3 is 0 Å². The van der Waals surface area contributed by atoms with E-state index in [1.807, 2.05) is 0 Å². The summed E-state index contributed by atoms with van der Waals surface area (Å²) in [6.07, 6.45) is 3.86. The van der Waals surface area contributed by atoms with Crippen LogP contribution in [0.25, 0.3) is 0 Å². The molecule has 1 N–H and O–H groups in total.